The molecule has 114 valence electrons. The molecule has 0 saturated carbocycles. The molecule has 0 aromatic rings. The fraction of sp³-hybridized carbons (Fsp3) is 0.667. The van der Waals surface area contributed by atoms with Crippen molar-refractivity contribution < 1.29 is 29.4 Å². The number of nitrogens with two attached hydrogens (primary N) is 1. The lowest BCUT2D eigenvalue weighted by Gasteiger charge is -2.28. The van der Waals surface area contributed by atoms with E-state index in [1.807, 2.05) is 13.8 Å². The minimum atomic E-state index is -1.75. The minimum Gasteiger partial charge on any atom is -0.481 e. The summed E-state index contributed by atoms with van der Waals surface area (Å²) in [6, 6.07) is -2.80. The molecule has 20 heavy (non-hydrogen) atoms. The first kappa shape index (κ1) is 18.0. The number of imide groups is 1. The van der Waals surface area contributed by atoms with Crippen LogP contribution in [0.1, 0.15) is 33.6 Å². The van der Waals surface area contributed by atoms with Gasteiger partial charge in [-0.25, -0.2) is 4.79 Å². The van der Waals surface area contributed by atoms with Gasteiger partial charge in [-0.2, -0.15) is 0 Å². The Bertz CT molecular complexity index is 407. The second kappa shape index (κ2) is 7.59. The van der Waals surface area contributed by atoms with Crippen LogP contribution in [0.2, 0.25) is 0 Å². The number of hydrogen-bond acceptors (Lipinski definition) is 5. The molecule has 2 amide bonds. The molecule has 2 atom stereocenters. The summed E-state index contributed by atoms with van der Waals surface area (Å²) >= 11 is 0. The summed E-state index contributed by atoms with van der Waals surface area (Å²) in [4.78, 5) is 45.7. The lowest BCUT2D eigenvalue weighted by Crippen LogP contribution is -2.54. The summed E-state index contributed by atoms with van der Waals surface area (Å²) < 4.78 is 0. The maximum Gasteiger partial charge on any atom is 0.327 e. The molecule has 0 aliphatic carbocycles. The highest BCUT2D eigenvalue weighted by atomic mass is 16.4. The maximum atomic E-state index is 12.1. The molecule has 0 aliphatic rings. The number of hydrogen-bond donors (Lipinski definition) is 3. The van der Waals surface area contributed by atoms with Crippen molar-refractivity contribution in [2.75, 3.05) is 0 Å². The van der Waals surface area contributed by atoms with E-state index in [0.29, 0.717) is 4.90 Å². The fourth-order valence-electron chi connectivity index (χ4n) is 1.77. The van der Waals surface area contributed by atoms with Gasteiger partial charge in [-0.05, 0) is 12.3 Å². The van der Waals surface area contributed by atoms with Gasteiger partial charge in [0.25, 0.3) is 0 Å². The van der Waals surface area contributed by atoms with Crippen LogP contribution in [-0.2, 0) is 19.2 Å². The lowest BCUT2D eigenvalue weighted by atomic mass is 10.0. The molecule has 0 heterocycles. The van der Waals surface area contributed by atoms with E-state index >= 15 is 0 Å². The number of carbonyl (C=O) groups is 4. The van der Waals surface area contributed by atoms with E-state index < -0.39 is 42.3 Å². The van der Waals surface area contributed by atoms with Gasteiger partial charge < -0.3 is 15.9 Å². The van der Waals surface area contributed by atoms with Gasteiger partial charge in [-0.15, -0.1) is 0 Å². The highest BCUT2D eigenvalue weighted by Crippen LogP contribution is 2.12. The van der Waals surface area contributed by atoms with Gasteiger partial charge in [0.2, 0.25) is 11.8 Å². The highest BCUT2D eigenvalue weighted by molar-refractivity contribution is 6.01. The monoisotopic (exact) mass is 288 g/mol. The average molecular weight is 288 g/mol. The number of aliphatic carboxylic acids is 2. The number of rotatable bonds is 7. The van der Waals surface area contributed by atoms with Crippen LogP contribution in [0.15, 0.2) is 0 Å². The van der Waals surface area contributed by atoms with Gasteiger partial charge in [0.05, 0.1) is 12.5 Å². The summed E-state index contributed by atoms with van der Waals surface area (Å²) in [5, 5.41) is 17.7. The summed E-state index contributed by atoms with van der Waals surface area (Å²) in [5.41, 5.74) is 5.64. The zero-order chi connectivity index (χ0) is 16.0. The third kappa shape index (κ3) is 5.35. The third-order valence-electron chi connectivity index (χ3n) is 2.58. The maximum absolute atomic E-state index is 12.1. The molecule has 0 aromatic heterocycles. The predicted octanol–water partition coefficient (Wildman–Crippen LogP) is -0.337. The molecular formula is C12H20N2O6. The molecule has 0 bridgehead atoms. The topological polar surface area (TPSA) is 138 Å². The second-order valence-electron chi connectivity index (χ2n) is 4.92. The van der Waals surface area contributed by atoms with Crippen molar-refractivity contribution in [3.8, 4) is 0 Å². The van der Waals surface area contributed by atoms with Crippen molar-refractivity contribution in [1.29, 1.82) is 0 Å². The summed E-state index contributed by atoms with van der Waals surface area (Å²) in [7, 11) is 0. The molecule has 0 aromatic carbocycles. The number of amides is 2. The third-order valence-corrected chi connectivity index (χ3v) is 2.58. The molecule has 0 aliphatic heterocycles. The quantitative estimate of drug-likeness (QED) is 0.582. The molecule has 2 unspecified atom stereocenters. The van der Waals surface area contributed by atoms with Crippen LogP contribution < -0.4 is 5.73 Å². The molecule has 4 N–H and O–H groups in total. The lowest BCUT2D eigenvalue weighted by molar-refractivity contribution is -0.160. The van der Waals surface area contributed by atoms with E-state index in [1.54, 1.807) is 0 Å². The second-order valence-corrected chi connectivity index (χ2v) is 4.92. The predicted molar refractivity (Wildman–Crippen MR) is 68.6 cm³/mol. The van der Waals surface area contributed by atoms with Crippen LogP contribution in [0.25, 0.3) is 0 Å². The van der Waals surface area contributed by atoms with Crippen LogP contribution >= 0.6 is 0 Å². The number of carbonyl (C=O) groups excluding carboxylic acids is 2. The molecule has 8 heteroatoms. The van der Waals surface area contributed by atoms with E-state index in [0.717, 1.165) is 6.92 Å². The van der Waals surface area contributed by atoms with Gasteiger partial charge in [0, 0.05) is 6.92 Å². The Morgan fingerprint density at radius 3 is 1.95 bits per heavy atom. The van der Waals surface area contributed by atoms with Gasteiger partial charge in [0.1, 0.15) is 6.04 Å². The van der Waals surface area contributed by atoms with E-state index in [9.17, 15) is 19.2 Å². The van der Waals surface area contributed by atoms with Crippen molar-refractivity contribution in [2.24, 2.45) is 11.7 Å². The number of carboxylic acid groups (broad SMARTS) is 2. The van der Waals surface area contributed by atoms with Crippen molar-refractivity contribution in [3.05, 3.63) is 0 Å². The van der Waals surface area contributed by atoms with Crippen molar-refractivity contribution >= 4 is 23.8 Å². The van der Waals surface area contributed by atoms with Crippen LogP contribution in [0, 0.1) is 5.92 Å². The first-order chi connectivity index (χ1) is 9.07. The Morgan fingerprint density at radius 1 is 1.15 bits per heavy atom. The molecule has 0 radical (unpaired) electrons. The summed E-state index contributed by atoms with van der Waals surface area (Å²) in [6.45, 7) is 4.63. The molecule has 0 rings (SSSR count). The SMILES string of the molecule is CC(=O)N(C(=O)C(N)CC(C)C)C(CC(=O)O)C(=O)O. The van der Waals surface area contributed by atoms with E-state index in [4.69, 9.17) is 15.9 Å². The minimum absolute atomic E-state index is 0.0745. The van der Waals surface area contributed by atoms with Gasteiger partial charge in [-0.3, -0.25) is 19.3 Å². The Hall–Kier alpha value is -1.96. The van der Waals surface area contributed by atoms with Crippen LogP contribution in [0.4, 0.5) is 0 Å². The first-order valence-electron chi connectivity index (χ1n) is 6.11. The molecular weight excluding hydrogens is 268 g/mol. The smallest absolute Gasteiger partial charge is 0.327 e. The normalized spacial score (nSPS) is 13.7. The average Bonchev–Trinajstić information content (AvgIpc) is 2.25. The van der Waals surface area contributed by atoms with Crippen LogP contribution in [-0.4, -0.2) is 50.9 Å². The Kier molecular flexibility index (Phi) is 6.84. The molecule has 0 saturated heterocycles. The van der Waals surface area contributed by atoms with Gasteiger partial charge in [0.15, 0.2) is 0 Å². The van der Waals surface area contributed by atoms with E-state index in [2.05, 4.69) is 0 Å². The van der Waals surface area contributed by atoms with Crippen LogP contribution in [0.5, 0.6) is 0 Å². The summed E-state index contributed by atoms with van der Waals surface area (Å²) in [6.07, 6.45) is -0.600. The fourth-order valence-corrected chi connectivity index (χ4v) is 1.77. The van der Waals surface area contributed by atoms with E-state index in [-0.39, 0.29) is 12.3 Å². The van der Waals surface area contributed by atoms with Gasteiger partial charge in [-0.1, -0.05) is 13.8 Å². The first-order valence-corrected chi connectivity index (χ1v) is 6.11. The van der Waals surface area contributed by atoms with Crippen molar-refractivity contribution in [1.82, 2.24) is 4.90 Å². The van der Waals surface area contributed by atoms with Crippen LogP contribution in [0.3, 0.4) is 0 Å². The molecule has 8 nitrogen and oxygen atoms in total. The largest absolute Gasteiger partial charge is 0.481 e. The zero-order valence-corrected chi connectivity index (χ0v) is 11.7. The molecule has 0 spiro atoms. The van der Waals surface area contributed by atoms with Gasteiger partial charge >= 0.3 is 11.9 Å². The van der Waals surface area contributed by atoms with Crippen molar-refractivity contribution in [3.63, 3.8) is 0 Å². The standard InChI is InChI=1S/C12H20N2O6/c1-6(2)4-8(13)11(18)14(7(3)15)9(12(19)20)5-10(16)17/h6,8-9H,4-5,13H2,1-3H3,(H,16,17)(H,19,20). The number of carboxylic acids is 2. The van der Waals surface area contributed by atoms with E-state index in [1.165, 1.54) is 0 Å². The van der Waals surface area contributed by atoms with Crippen molar-refractivity contribution in [2.45, 2.75) is 45.7 Å². The number of nitrogens with zero attached hydrogens (tertiary/aromatic N) is 1. The zero-order valence-electron chi connectivity index (χ0n) is 11.7. The molecule has 0 fully saturated rings. The Balaban J connectivity index is 5.28. The Labute approximate surface area is 116 Å². The highest BCUT2D eigenvalue weighted by Gasteiger charge is 2.36. The Morgan fingerprint density at radius 2 is 1.65 bits per heavy atom. The summed E-state index contributed by atoms with van der Waals surface area (Å²) in [5.74, 6) is -4.63.